The number of nitrogens with one attached hydrogen (secondary N) is 1. The topological polar surface area (TPSA) is 205 Å². The maximum Gasteiger partial charge on any atom is 0.325 e. The van der Waals surface area contributed by atoms with Gasteiger partial charge in [-0.15, -0.1) is 10.2 Å². The van der Waals surface area contributed by atoms with Crippen molar-refractivity contribution in [1.82, 2.24) is 0 Å². The van der Waals surface area contributed by atoms with Gasteiger partial charge in [-0.05, 0) is 6.07 Å². The van der Waals surface area contributed by atoms with Gasteiger partial charge in [-0.25, -0.2) is 0 Å². The highest BCUT2D eigenvalue weighted by Crippen LogP contribution is 2.42. The largest absolute Gasteiger partial charge is 0.494 e. The Hall–Kier alpha value is -4.86. The highest BCUT2D eigenvalue weighted by Gasteiger charge is 2.25. The zero-order valence-electron chi connectivity index (χ0n) is 20.4. The van der Waals surface area contributed by atoms with Crippen LogP contribution in [0.5, 0.6) is 5.75 Å². The molecule has 16 nitrogen and oxygen atoms in total. The van der Waals surface area contributed by atoms with Crippen LogP contribution in [-0.2, 0) is 23.9 Å². The number of carbonyl (C=O) groups excluding carboxylic acids is 3. The number of halogens is 1. The Kier molecular flexibility index (Phi) is 9.98. The fourth-order valence-corrected chi connectivity index (χ4v) is 3.27. The van der Waals surface area contributed by atoms with Crippen LogP contribution in [-0.4, -0.2) is 62.1 Å². The number of nitro benzene ring substituents is 2. The van der Waals surface area contributed by atoms with Crippen LogP contribution in [0, 0.1) is 20.2 Å². The minimum absolute atomic E-state index is 0.0115. The molecule has 1 amide bonds. The van der Waals surface area contributed by atoms with Crippen molar-refractivity contribution < 1.29 is 38.4 Å². The lowest BCUT2D eigenvalue weighted by Gasteiger charge is -2.25. The molecule has 2 aromatic carbocycles. The van der Waals surface area contributed by atoms with Crippen LogP contribution in [0.1, 0.15) is 6.92 Å². The van der Waals surface area contributed by atoms with Crippen LogP contribution in [0.2, 0.25) is 5.02 Å². The molecule has 0 aliphatic heterocycles. The van der Waals surface area contributed by atoms with Gasteiger partial charge in [0.1, 0.15) is 24.5 Å². The van der Waals surface area contributed by atoms with Crippen LogP contribution >= 0.6 is 11.6 Å². The predicted molar refractivity (Wildman–Crippen MR) is 132 cm³/mol. The number of non-ortho nitro benzene ring substituents is 1. The first-order valence-electron chi connectivity index (χ1n) is 10.3. The van der Waals surface area contributed by atoms with Gasteiger partial charge in [0.15, 0.2) is 5.69 Å². The van der Waals surface area contributed by atoms with Gasteiger partial charge in [-0.2, -0.15) is 0 Å². The molecule has 0 aliphatic carbocycles. The second kappa shape index (κ2) is 12.9. The first-order valence-corrected chi connectivity index (χ1v) is 10.7. The van der Waals surface area contributed by atoms with Crippen LogP contribution in [0.15, 0.2) is 34.5 Å². The lowest BCUT2D eigenvalue weighted by Crippen LogP contribution is -2.36. The highest BCUT2D eigenvalue weighted by molar-refractivity contribution is 6.33. The van der Waals surface area contributed by atoms with Gasteiger partial charge in [0, 0.05) is 19.1 Å². The summed E-state index contributed by atoms with van der Waals surface area (Å²) in [6, 6.07) is 4.15. The van der Waals surface area contributed by atoms with Crippen LogP contribution < -0.4 is 15.0 Å². The van der Waals surface area contributed by atoms with Crippen molar-refractivity contribution in [2.45, 2.75) is 6.92 Å². The SMILES string of the molecule is COC(=O)CN(CC(=O)OC)c1cc(NC(C)=O)c(N=Nc2c(Cl)cc([N+](=O)[O-])cc2[N+](=O)[O-])cc1OC. The van der Waals surface area contributed by atoms with Crippen LogP contribution in [0.25, 0.3) is 0 Å². The third-order valence-corrected chi connectivity index (χ3v) is 5.03. The molecule has 0 spiro atoms. The summed E-state index contributed by atoms with van der Waals surface area (Å²) in [4.78, 5) is 57.8. The summed E-state index contributed by atoms with van der Waals surface area (Å²) in [5.41, 5.74) is -1.78. The Labute approximate surface area is 219 Å². The van der Waals surface area contributed by atoms with E-state index in [0.29, 0.717) is 6.07 Å². The first kappa shape index (κ1) is 29.4. The monoisotopic (exact) mass is 552 g/mol. The number of esters is 2. The highest BCUT2D eigenvalue weighted by atomic mass is 35.5. The number of amides is 1. The summed E-state index contributed by atoms with van der Waals surface area (Å²) in [6.07, 6.45) is 0. The van der Waals surface area contributed by atoms with Crippen molar-refractivity contribution >= 4 is 63.6 Å². The smallest absolute Gasteiger partial charge is 0.325 e. The van der Waals surface area contributed by atoms with Gasteiger partial charge in [0.25, 0.3) is 5.69 Å². The molecular formula is C21H21ClN6O10. The van der Waals surface area contributed by atoms with Crippen LogP contribution in [0.4, 0.5) is 34.1 Å². The van der Waals surface area contributed by atoms with Gasteiger partial charge in [-0.3, -0.25) is 34.6 Å². The van der Waals surface area contributed by atoms with Crippen LogP contribution in [0.3, 0.4) is 0 Å². The molecule has 2 rings (SSSR count). The molecule has 0 saturated heterocycles. The summed E-state index contributed by atoms with van der Waals surface area (Å²) in [5.74, 6) is -1.86. The van der Waals surface area contributed by atoms with Gasteiger partial charge in [-0.1, -0.05) is 11.6 Å². The Morgan fingerprint density at radius 2 is 1.58 bits per heavy atom. The average Bonchev–Trinajstić information content (AvgIpc) is 2.86. The van der Waals surface area contributed by atoms with Crippen molar-refractivity contribution in [1.29, 1.82) is 0 Å². The Morgan fingerprint density at radius 1 is 0.974 bits per heavy atom. The summed E-state index contributed by atoms with van der Waals surface area (Å²) >= 11 is 6.01. The third kappa shape index (κ3) is 7.33. The maximum atomic E-state index is 12.0. The molecule has 0 unspecified atom stereocenters. The number of hydrogen-bond acceptors (Lipinski definition) is 13. The summed E-state index contributed by atoms with van der Waals surface area (Å²) < 4.78 is 14.7. The van der Waals surface area contributed by atoms with Gasteiger partial charge in [0.05, 0.1) is 53.6 Å². The Morgan fingerprint density at radius 3 is 2.05 bits per heavy atom. The van der Waals surface area contributed by atoms with Crippen molar-refractivity contribution in [3.63, 3.8) is 0 Å². The normalized spacial score (nSPS) is 10.6. The fourth-order valence-electron chi connectivity index (χ4n) is 3.03. The number of hydrogen-bond donors (Lipinski definition) is 1. The zero-order chi connectivity index (χ0) is 28.6. The van der Waals surface area contributed by atoms with E-state index < -0.39 is 62.9 Å². The summed E-state index contributed by atoms with van der Waals surface area (Å²) in [6.45, 7) is 0.406. The minimum atomic E-state index is -0.914. The molecule has 0 bridgehead atoms. The van der Waals surface area contributed by atoms with E-state index in [2.05, 4.69) is 25.0 Å². The second-order valence-electron chi connectivity index (χ2n) is 7.24. The van der Waals surface area contributed by atoms with E-state index in [9.17, 15) is 34.6 Å². The molecule has 0 aliphatic rings. The van der Waals surface area contributed by atoms with Crippen molar-refractivity contribution in [2.24, 2.45) is 10.2 Å². The van der Waals surface area contributed by atoms with E-state index in [4.69, 9.17) is 16.3 Å². The van der Waals surface area contributed by atoms with Gasteiger partial charge in [0.2, 0.25) is 5.91 Å². The quantitative estimate of drug-likeness (QED) is 0.184. The molecule has 38 heavy (non-hydrogen) atoms. The van der Waals surface area contributed by atoms with Crippen molar-refractivity contribution in [2.75, 3.05) is 44.6 Å². The lowest BCUT2D eigenvalue weighted by molar-refractivity contribution is -0.393. The number of nitrogens with zero attached hydrogens (tertiary/aromatic N) is 5. The summed E-state index contributed by atoms with van der Waals surface area (Å²) in [5, 5.41) is 32.4. The number of carbonyl (C=O) groups is 3. The molecule has 2 aromatic rings. The number of nitro groups is 2. The predicted octanol–water partition coefficient (Wildman–Crippen LogP) is 3.69. The maximum absolute atomic E-state index is 12.0. The van der Waals surface area contributed by atoms with Gasteiger partial charge >= 0.3 is 17.6 Å². The minimum Gasteiger partial charge on any atom is -0.494 e. The number of azo groups is 1. The number of ether oxygens (including phenoxy) is 3. The first-order chi connectivity index (χ1) is 17.9. The molecule has 1 N–H and O–H groups in total. The number of rotatable bonds is 11. The Balaban J connectivity index is 2.70. The average molecular weight is 553 g/mol. The van der Waals surface area contributed by atoms with E-state index in [0.717, 1.165) is 20.3 Å². The molecule has 0 aromatic heterocycles. The standard InChI is InChI=1S/C21H21ClN6O10/c1-11(29)23-14-7-16(26(9-19(30)37-3)10-20(31)38-4)18(36-2)8-15(14)24-25-21-13(22)5-12(27(32)33)6-17(21)28(34)35/h5-8H,9-10H2,1-4H3,(H,23,29). The van der Waals surface area contributed by atoms with E-state index in [1.807, 2.05) is 0 Å². The molecule has 17 heteroatoms. The second-order valence-corrected chi connectivity index (χ2v) is 7.65. The van der Waals surface area contributed by atoms with E-state index in [1.54, 1.807) is 0 Å². The fraction of sp³-hybridized carbons (Fsp3) is 0.286. The van der Waals surface area contributed by atoms with Crippen molar-refractivity contribution in [3.8, 4) is 5.75 Å². The molecule has 0 radical (unpaired) electrons. The molecule has 202 valence electrons. The number of anilines is 2. The summed E-state index contributed by atoms with van der Waals surface area (Å²) in [7, 11) is 3.60. The Bertz CT molecular complexity index is 1300. The molecule has 0 saturated carbocycles. The van der Waals surface area contributed by atoms with Crippen molar-refractivity contribution in [3.05, 3.63) is 49.5 Å². The zero-order valence-corrected chi connectivity index (χ0v) is 21.2. The van der Waals surface area contributed by atoms with E-state index in [-0.39, 0.29) is 22.8 Å². The number of benzene rings is 2. The number of methoxy groups -OCH3 is 3. The van der Waals surface area contributed by atoms with E-state index >= 15 is 0 Å². The molecule has 0 atom stereocenters. The molecule has 0 heterocycles. The van der Waals surface area contributed by atoms with Gasteiger partial charge < -0.3 is 24.4 Å². The third-order valence-electron chi connectivity index (χ3n) is 4.74. The molecule has 0 fully saturated rings. The lowest BCUT2D eigenvalue weighted by atomic mass is 10.2. The molecular weight excluding hydrogens is 532 g/mol. The van der Waals surface area contributed by atoms with E-state index in [1.165, 1.54) is 31.1 Å².